The van der Waals surface area contributed by atoms with Gasteiger partial charge >= 0.3 is 0 Å². The van der Waals surface area contributed by atoms with E-state index in [1.165, 1.54) is 28.2 Å². The van der Waals surface area contributed by atoms with E-state index in [4.69, 9.17) is 0 Å². The first kappa shape index (κ1) is 18.2. The summed E-state index contributed by atoms with van der Waals surface area (Å²) in [5.74, 6) is 0.599. The van der Waals surface area contributed by atoms with Crippen LogP contribution < -0.4 is 0 Å². The Morgan fingerprint density at radius 2 is 1.62 bits per heavy atom. The van der Waals surface area contributed by atoms with Crippen LogP contribution in [0.15, 0.2) is 59.6 Å². The fourth-order valence-corrected chi connectivity index (χ4v) is 3.28. The third-order valence-electron chi connectivity index (χ3n) is 5.19. The van der Waals surface area contributed by atoms with Gasteiger partial charge in [0.1, 0.15) is 0 Å². The van der Waals surface area contributed by atoms with Crippen LogP contribution in [-0.4, -0.2) is 10.8 Å². The molecule has 2 heteroatoms. The minimum Gasteiger partial charge on any atom is -0.318 e. The Bertz CT molecular complexity index is 897. The Kier molecular flexibility index (Phi) is 5.41. The van der Waals surface area contributed by atoms with Gasteiger partial charge in [0.2, 0.25) is 0 Å². The van der Waals surface area contributed by atoms with Crippen molar-refractivity contribution in [3.8, 4) is 5.69 Å². The lowest BCUT2D eigenvalue weighted by Crippen LogP contribution is -1.99. The van der Waals surface area contributed by atoms with Gasteiger partial charge in [0.25, 0.3) is 0 Å². The number of hydrogen-bond donors (Lipinski definition) is 0. The van der Waals surface area contributed by atoms with Crippen molar-refractivity contribution in [2.45, 2.75) is 47.0 Å². The van der Waals surface area contributed by atoms with Gasteiger partial charge in [0, 0.05) is 28.9 Å². The molecule has 0 radical (unpaired) electrons. The third-order valence-corrected chi connectivity index (χ3v) is 5.19. The molecular weight excluding hydrogens is 316 g/mol. The highest BCUT2D eigenvalue weighted by Crippen LogP contribution is 2.23. The Labute approximate surface area is 157 Å². The van der Waals surface area contributed by atoms with Crippen molar-refractivity contribution in [2.24, 2.45) is 4.99 Å². The molecule has 1 heterocycles. The Morgan fingerprint density at radius 3 is 2.23 bits per heavy atom. The molecule has 0 aliphatic heterocycles. The van der Waals surface area contributed by atoms with Gasteiger partial charge < -0.3 is 4.57 Å². The number of nitrogens with zero attached hydrogens (tertiary/aromatic N) is 2. The highest BCUT2D eigenvalue weighted by atomic mass is 15.0. The lowest BCUT2D eigenvalue weighted by atomic mass is 9.99. The van der Waals surface area contributed by atoms with Gasteiger partial charge in [-0.3, -0.25) is 4.99 Å². The lowest BCUT2D eigenvalue weighted by Gasteiger charge is -2.10. The van der Waals surface area contributed by atoms with Crippen LogP contribution in [0.4, 0.5) is 5.69 Å². The number of rotatable bonds is 5. The molecule has 0 aliphatic rings. The summed E-state index contributed by atoms with van der Waals surface area (Å²) in [6.07, 6.45) is 3.14. The van der Waals surface area contributed by atoms with E-state index in [1.807, 2.05) is 6.21 Å². The van der Waals surface area contributed by atoms with Crippen molar-refractivity contribution in [1.82, 2.24) is 4.57 Å². The van der Waals surface area contributed by atoms with Crippen LogP contribution in [0, 0.1) is 20.8 Å². The first-order valence-corrected chi connectivity index (χ1v) is 9.39. The monoisotopic (exact) mass is 344 g/mol. The molecule has 0 fully saturated rings. The molecule has 0 spiro atoms. The number of hydrogen-bond acceptors (Lipinski definition) is 1. The number of benzene rings is 2. The highest BCUT2D eigenvalue weighted by molar-refractivity contribution is 5.84. The summed E-state index contributed by atoms with van der Waals surface area (Å²) in [5, 5.41) is 0. The molecule has 0 N–H and O–H groups in total. The van der Waals surface area contributed by atoms with Crippen molar-refractivity contribution in [2.75, 3.05) is 0 Å². The van der Waals surface area contributed by atoms with Gasteiger partial charge in [0.05, 0.1) is 5.69 Å². The van der Waals surface area contributed by atoms with Gasteiger partial charge in [0.15, 0.2) is 0 Å². The molecule has 3 rings (SSSR count). The summed E-state index contributed by atoms with van der Waals surface area (Å²) in [6.45, 7) is 10.9. The Balaban J connectivity index is 1.85. The number of aryl methyl sites for hydroxylation is 2. The van der Waals surface area contributed by atoms with Gasteiger partial charge in [-0.1, -0.05) is 43.7 Å². The second kappa shape index (κ2) is 7.74. The lowest BCUT2D eigenvalue weighted by molar-refractivity contribution is 0.734. The van der Waals surface area contributed by atoms with E-state index < -0.39 is 0 Å². The topological polar surface area (TPSA) is 17.3 Å². The van der Waals surface area contributed by atoms with E-state index in [0.717, 1.165) is 17.7 Å². The van der Waals surface area contributed by atoms with Crippen molar-refractivity contribution >= 4 is 11.9 Å². The van der Waals surface area contributed by atoms with Crippen LogP contribution in [0.25, 0.3) is 5.69 Å². The second-order valence-corrected chi connectivity index (χ2v) is 7.16. The average Bonchev–Trinajstić information content (AvgIpc) is 2.94. The number of aliphatic imine (C=N–C) groups is 1. The van der Waals surface area contributed by atoms with Crippen molar-refractivity contribution < 1.29 is 0 Å². The average molecular weight is 345 g/mol. The molecule has 1 unspecified atom stereocenters. The quantitative estimate of drug-likeness (QED) is 0.460. The van der Waals surface area contributed by atoms with Gasteiger partial charge in [-0.2, -0.15) is 0 Å². The minimum atomic E-state index is 0.599. The standard InChI is InChI=1S/C24H28N2/c1-6-18(3)21-9-11-23(12-10-21)25-16-22-15-19(4)26(20(22)5)24-13-7-17(2)8-14-24/h7-16,18H,6H2,1-5H3. The molecule has 134 valence electrons. The van der Waals surface area contributed by atoms with Crippen molar-refractivity contribution in [1.29, 1.82) is 0 Å². The Hall–Kier alpha value is -2.61. The first-order chi connectivity index (χ1) is 12.5. The maximum absolute atomic E-state index is 4.69. The molecule has 1 aromatic heterocycles. The van der Waals surface area contributed by atoms with Crippen LogP contribution in [0.5, 0.6) is 0 Å². The largest absolute Gasteiger partial charge is 0.318 e. The summed E-state index contributed by atoms with van der Waals surface area (Å²) in [5.41, 5.74) is 8.45. The third kappa shape index (κ3) is 3.80. The molecule has 3 aromatic rings. The summed E-state index contributed by atoms with van der Waals surface area (Å²) < 4.78 is 2.28. The van der Waals surface area contributed by atoms with Crippen LogP contribution in [-0.2, 0) is 0 Å². The highest BCUT2D eigenvalue weighted by Gasteiger charge is 2.09. The summed E-state index contributed by atoms with van der Waals surface area (Å²) >= 11 is 0. The molecule has 26 heavy (non-hydrogen) atoms. The van der Waals surface area contributed by atoms with Gasteiger partial charge in [-0.25, -0.2) is 0 Å². The number of aromatic nitrogens is 1. The minimum absolute atomic E-state index is 0.599. The summed E-state index contributed by atoms with van der Waals surface area (Å²) in [7, 11) is 0. The van der Waals surface area contributed by atoms with Gasteiger partial charge in [-0.15, -0.1) is 0 Å². The normalized spacial score (nSPS) is 12.7. The van der Waals surface area contributed by atoms with E-state index in [0.29, 0.717) is 5.92 Å². The predicted octanol–water partition coefficient (Wildman–Crippen LogP) is 6.67. The molecular formula is C24H28N2. The maximum atomic E-state index is 4.69. The fourth-order valence-electron chi connectivity index (χ4n) is 3.28. The van der Waals surface area contributed by atoms with Gasteiger partial charge in [-0.05, 0) is 69.0 Å². The second-order valence-electron chi connectivity index (χ2n) is 7.16. The first-order valence-electron chi connectivity index (χ1n) is 9.39. The van der Waals surface area contributed by atoms with Crippen LogP contribution in [0.2, 0.25) is 0 Å². The molecule has 0 saturated heterocycles. The summed E-state index contributed by atoms with van der Waals surface area (Å²) in [4.78, 5) is 4.69. The summed E-state index contributed by atoms with van der Waals surface area (Å²) in [6, 6.07) is 19.4. The zero-order valence-corrected chi connectivity index (χ0v) is 16.5. The molecule has 0 bridgehead atoms. The predicted molar refractivity (Wildman–Crippen MR) is 112 cm³/mol. The molecule has 1 atom stereocenters. The van der Waals surface area contributed by atoms with E-state index in [-0.39, 0.29) is 0 Å². The fraction of sp³-hybridized carbons (Fsp3) is 0.292. The van der Waals surface area contributed by atoms with Crippen LogP contribution in [0.3, 0.4) is 0 Å². The van der Waals surface area contributed by atoms with E-state index >= 15 is 0 Å². The van der Waals surface area contributed by atoms with E-state index in [1.54, 1.807) is 0 Å². The van der Waals surface area contributed by atoms with E-state index in [9.17, 15) is 0 Å². The molecule has 2 nitrogen and oxygen atoms in total. The molecule has 2 aromatic carbocycles. The molecule has 0 aliphatic carbocycles. The van der Waals surface area contributed by atoms with Crippen molar-refractivity contribution in [3.63, 3.8) is 0 Å². The zero-order chi connectivity index (χ0) is 18.7. The smallest absolute Gasteiger partial charge is 0.0630 e. The Morgan fingerprint density at radius 1 is 0.962 bits per heavy atom. The van der Waals surface area contributed by atoms with Crippen molar-refractivity contribution in [3.05, 3.63) is 82.7 Å². The SMILES string of the molecule is CCC(C)c1ccc(N=Cc2cc(C)n(-c3ccc(C)cc3)c2C)cc1. The molecule has 0 amide bonds. The molecule has 0 saturated carbocycles. The zero-order valence-electron chi connectivity index (χ0n) is 16.5. The van der Waals surface area contributed by atoms with E-state index in [2.05, 4.69) is 98.8 Å². The van der Waals surface area contributed by atoms with Crippen LogP contribution in [0.1, 0.15) is 54.3 Å². The van der Waals surface area contributed by atoms with Crippen LogP contribution >= 0.6 is 0 Å². The maximum Gasteiger partial charge on any atom is 0.0630 e.